The number of nitrogens with one attached hydrogen (secondary N) is 3. The summed E-state index contributed by atoms with van der Waals surface area (Å²) in [7, 11) is 5.40. The molecule has 2 amide bonds. The number of rotatable bonds is 4. The van der Waals surface area contributed by atoms with Crippen LogP contribution in [0.25, 0.3) is 16.5 Å². The molecule has 3 heterocycles. The summed E-state index contributed by atoms with van der Waals surface area (Å²) < 4.78 is 0. The molecule has 30 heavy (non-hydrogen) atoms. The monoisotopic (exact) mass is 403 g/mol. The van der Waals surface area contributed by atoms with Crippen LogP contribution < -0.4 is 16.2 Å². The Balaban J connectivity index is 1.56. The van der Waals surface area contributed by atoms with Crippen molar-refractivity contribution in [2.75, 3.05) is 26.5 Å². The zero-order valence-corrected chi connectivity index (χ0v) is 16.8. The molecular formula is C21H21N7O2. The van der Waals surface area contributed by atoms with Crippen LogP contribution in [0, 0.1) is 0 Å². The lowest BCUT2D eigenvalue weighted by Crippen LogP contribution is -2.35. The summed E-state index contributed by atoms with van der Waals surface area (Å²) in [6.07, 6.45) is 5.09. The number of carbonyl (C=O) groups excluding carboxylic acids is 2. The van der Waals surface area contributed by atoms with E-state index < -0.39 is 0 Å². The number of pyridine rings is 2. The predicted octanol–water partition coefficient (Wildman–Crippen LogP) is 1.84. The molecule has 0 fully saturated rings. The Morgan fingerprint density at radius 3 is 2.47 bits per heavy atom. The Kier molecular flexibility index (Phi) is 5.03. The molecule has 1 aliphatic rings. The van der Waals surface area contributed by atoms with E-state index in [2.05, 4.69) is 32.2 Å². The minimum Gasteiger partial charge on any atom is -0.354 e. The van der Waals surface area contributed by atoms with Crippen molar-refractivity contribution in [1.82, 2.24) is 30.8 Å². The average Bonchev–Trinajstić information content (AvgIpc) is 3.10. The van der Waals surface area contributed by atoms with Crippen LogP contribution >= 0.6 is 0 Å². The summed E-state index contributed by atoms with van der Waals surface area (Å²) in [6, 6.07) is 11.0. The summed E-state index contributed by atoms with van der Waals surface area (Å²) in [5, 5.41) is 11.0. The first kappa shape index (κ1) is 19.3. The second-order valence-electron chi connectivity index (χ2n) is 6.88. The Morgan fingerprint density at radius 2 is 1.80 bits per heavy atom. The molecule has 0 aliphatic carbocycles. The molecule has 2 aromatic heterocycles. The minimum atomic E-state index is -0.349. The van der Waals surface area contributed by atoms with Crippen molar-refractivity contribution in [1.29, 1.82) is 0 Å². The lowest BCUT2D eigenvalue weighted by Gasteiger charge is -2.18. The second kappa shape index (κ2) is 7.80. The van der Waals surface area contributed by atoms with Gasteiger partial charge in [0.2, 0.25) is 0 Å². The first-order chi connectivity index (χ1) is 14.4. The number of nitrogens with zero attached hydrogens (tertiary/aromatic N) is 4. The van der Waals surface area contributed by atoms with E-state index in [1.807, 2.05) is 48.5 Å². The van der Waals surface area contributed by atoms with Gasteiger partial charge in [0.15, 0.2) is 0 Å². The second-order valence-corrected chi connectivity index (χ2v) is 6.88. The molecule has 0 saturated heterocycles. The Labute approximate surface area is 173 Å². The van der Waals surface area contributed by atoms with E-state index in [0.29, 0.717) is 11.4 Å². The Hall–Kier alpha value is -3.98. The van der Waals surface area contributed by atoms with E-state index in [1.54, 1.807) is 12.3 Å². The number of amides is 2. The highest BCUT2D eigenvalue weighted by atomic mass is 16.2. The smallest absolute Gasteiger partial charge is 0.269 e. The summed E-state index contributed by atoms with van der Waals surface area (Å²) in [5.41, 5.74) is 5.81. The molecule has 9 heteroatoms. The number of benzene rings is 1. The minimum absolute atomic E-state index is 0.247. The molecule has 3 N–H and O–H groups in total. The standard InChI is InChI=1S/C21H21N7O2/c1-22-21(30)17-7-6-15(11-23-17)20(29)25-19-9-16-8-13(4-5-14(16)10-24-19)18-12-27(2)26-28(18)3/h4-12,26H,1-3H3,(H,22,30)(H,24,25,29). The molecule has 9 nitrogen and oxygen atoms in total. The molecule has 4 rings (SSSR count). The van der Waals surface area contributed by atoms with E-state index in [1.165, 1.54) is 19.3 Å². The lowest BCUT2D eigenvalue weighted by molar-refractivity contribution is 0.0955. The van der Waals surface area contributed by atoms with E-state index in [4.69, 9.17) is 0 Å². The fourth-order valence-corrected chi connectivity index (χ4v) is 3.21. The highest BCUT2D eigenvalue weighted by Gasteiger charge is 2.16. The van der Waals surface area contributed by atoms with Crippen molar-refractivity contribution in [3.05, 3.63) is 71.8 Å². The molecule has 1 aromatic carbocycles. The maximum atomic E-state index is 12.5. The Morgan fingerprint density at radius 1 is 0.967 bits per heavy atom. The number of hydrogen-bond acceptors (Lipinski definition) is 7. The van der Waals surface area contributed by atoms with Crippen molar-refractivity contribution < 1.29 is 9.59 Å². The molecule has 152 valence electrons. The third kappa shape index (κ3) is 3.78. The van der Waals surface area contributed by atoms with Crippen LogP contribution in [-0.2, 0) is 0 Å². The van der Waals surface area contributed by atoms with Crippen molar-refractivity contribution in [2.45, 2.75) is 0 Å². The number of anilines is 1. The topological polar surface area (TPSA) is 102 Å². The maximum absolute atomic E-state index is 12.5. The molecule has 3 aromatic rings. The van der Waals surface area contributed by atoms with Crippen LogP contribution in [0.1, 0.15) is 26.4 Å². The van der Waals surface area contributed by atoms with E-state index >= 15 is 0 Å². The van der Waals surface area contributed by atoms with Gasteiger partial charge >= 0.3 is 0 Å². The van der Waals surface area contributed by atoms with E-state index in [9.17, 15) is 9.59 Å². The molecule has 0 radical (unpaired) electrons. The Bertz CT molecular complexity index is 1160. The molecule has 0 unspecified atom stereocenters. The largest absolute Gasteiger partial charge is 0.354 e. The number of aromatic nitrogens is 2. The first-order valence-electron chi connectivity index (χ1n) is 9.29. The van der Waals surface area contributed by atoms with Gasteiger partial charge in [-0.05, 0) is 29.7 Å². The van der Waals surface area contributed by atoms with Crippen LogP contribution in [0.5, 0.6) is 0 Å². The summed E-state index contributed by atoms with van der Waals surface area (Å²) in [5.74, 6) is -0.222. The first-order valence-corrected chi connectivity index (χ1v) is 9.29. The zero-order chi connectivity index (χ0) is 21.3. The zero-order valence-electron chi connectivity index (χ0n) is 16.8. The van der Waals surface area contributed by atoms with Crippen LogP contribution in [0.2, 0.25) is 0 Å². The normalized spacial score (nSPS) is 13.4. The van der Waals surface area contributed by atoms with Gasteiger partial charge in [0.25, 0.3) is 11.8 Å². The van der Waals surface area contributed by atoms with Crippen LogP contribution in [0.3, 0.4) is 0 Å². The maximum Gasteiger partial charge on any atom is 0.269 e. The number of hydrogen-bond donors (Lipinski definition) is 3. The van der Waals surface area contributed by atoms with Crippen LogP contribution in [0.15, 0.2) is 55.0 Å². The highest BCUT2D eigenvalue weighted by Crippen LogP contribution is 2.26. The van der Waals surface area contributed by atoms with E-state index in [0.717, 1.165) is 22.0 Å². The fourth-order valence-electron chi connectivity index (χ4n) is 3.21. The van der Waals surface area contributed by atoms with Gasteiger partial charge in [0.1, 0.15) is 11.5 Å². The van der Waals surface area contributed by atoms with Crippen molar-refractivity contribution >= 4 is 34.1 Å². The summed E-state index contributed by atoms with van der Waals surface area (Å²) >= 11 is 0. The molecule has 0 bridgehead atoms. The fraction of sp³-hybridized carbons (Fsp3) is 0.143. The van der Waals surface area contributed by atoms with Crippen LogP contribution in [0.4, 0.5) is 5.82 Å². The molecule has 0 atom stereocenters. The van der Waals surface area contributed by atoms with E-state index in [-0.39, 0.29) is 17.5 Å². The van der Waals surface area contributed by atoms with Crippen molar-refractivity contribution in [2.24, 2.45) is 0 Å². The number of fused-ring (bicyclic) bond motifs is 1. The van der Waals surface area contributed by atoms with Crippen molar-refractivity contribution in [3.8, 4) is 0 Å². The highest BCUT2D eigenvalue weighted by molar-refractivity contribution is 6.04. The molecule has 1 aliphatic heterocycles. The third-order valence-electron chi connectivity index (χ3n) is 4.73. The molecular weight excluding hydrogens is 382 g/mol. The SMILES string of the molecule is CNC(=O)c1ccc(C(=O)Nc2cc3cc(C4=CN(C)NN4C)ccc3cn2)cn1. The summed E-state index contributed by atoms with van der Waals surface area (Å²) in [4.78, 5) is 32.4. The quantitative estimate of drug-likeness (QED) is 0.611. The molecule has 0 spiro atoms. The predicted molar refractivity (Wildman–Crippen MR) is 114 cm³/mol. The van der Waals surface area contributed by atoms with Gasteiger partial charge in [-0.1, -0.05) is 12.1 Å². The van der Waals surface area contributed by atoms with Crippen LogP contribution in [-0.4, -0.2) is 52.9 Å². The number of hydrazine groups is 2. The number of carbonyl (C=O) groups is 2. The van der Waals surface area contributed by atoms with Crippen molar-refractivity contribution in [3.63, 3.8) is 0 Å². The van der Waals surface area contributed by atoms with Gasteiger partial charge in [-0.3, -0.25) is 24.6 Å². The van der Waals surface area contributed by atoms with Gasteiger partial charge in [0, 0.05) is 50.7 Å². The van der Waals surface area contributed by atoms with Gasteiger partial charge < -0.3 is 10.6 Å². The van der Waals surface area contributed by atoms with Gasteiger partial charge in [-0.25, -0.2) is 4.98 Å². The average molecular weight is 403 g/mol. The van der Waals surface area contributed by atoms with Gasteiger partial charge in [-0.15, -0.1) is 5.53 Å². The summed E-state index contributed by atoms with van der Waals surface area (Å²) in [6.45, 7) is 0. The lowest BCUT2D eigenvalue weighted by atomic mass is 10.1. The van der Waals surface area contributed by atoms with Gasteiger partial charge in [-0.2, -0.15) is 0 Å². The third-order valence-corrected chi connectivity index (χ3v) is 4.73. The van der Waals surface area contributed by atoms with Gasteiger partial charge in [0.05, 0.1) is 11.3 Å². The molecule has 0 saturated carbocycles.